The van der Waals surface area contributed by atoms with E-state index in [2.05, 4.69) is 5.32 Å². The van der Waals surface area contributed by atoms with Crippen LogP contribution < -0.4 is 5.32 Å². The van der Waals surface area contributed by atoms with Crippen LogP contribution in [0.3, 0.4) is 0 Å². The zero-order valence-electron chi connectivity index (χ0n) is 13.9. The molecule has 1 fully saturated rings. The monoisotopic (exact) mass is 335 g/mol. The number of carbonyl (C=O) groups excluding carboxylic acids is 2. The van der Waals surface area contributed by atoms with Gasteiger partial charge in [0, 0.05) is 10.8 Å². The summed E-state index contributed by atoms with van der Waals surface area (Å²) in [5, 5.41) is 3.73. The van der Waals surface area contributed by atoms with Crippen molar-refractivity contribution in [1.29, 1.82) is 0 Å². The second kappa shape index (κ2) is 7.04. The number of rotatable bonds is 4. The summed E-state index contributed by atoms with van der Waals surface area (Å²) in [4.78, 5) is 26.2. The van der Waals surface area contributed by atoms with Crippen LogP contribution in [-0.2, 0) is 22.4 Å². The van der Waals surface area contributed by atoms with Crippen molar-refractivity contribution in [3.05, 3.63) is 16.0 Å². The van der Waals surface area contributed by atoms with Gasteiger partial charge in [-0.3, -0.25) is 4.79 Å². The summed E-state index contributed by atoms with van der Waals surface area (Å²) in [5.41, 5.74) is 1.73. The Morgan fingerprint density at radius 3 is 2.52 bits per heavy atom. The molecule has 1 N–H and O–H groups in total. The molecule has 0 unspecified atom stereocenters. The summed E-state index contributed by atoms with van der Waals surface area (Å²) in [6.45, 7) is 3.71. The molecule has 0 aromatic carbocycles. The number of hydrogen-bond donors (Lipinski definition) is 1. The fourth-order valence-corrected chi connectivity index (χ4v) is 4.48. The van der Waals surface area contributed by atoms with Gasteiger partial charge in [0.25, 0.3) is 0 Å². The van der Waals surface area contributed by atoms with Gasteiger partial charge in [0.1, 0.15) is 5.00 Å². The standard InChI is InChI=1S/C18H25NO3S/c1-11(2)22-18(21)15-13-9-4-3-5-10-14(13)23-17(15)19-16(20)12-7-6-8-12/h11-12H,3-10H2,1-2H3,(H,19,20). The molecule has 3 rings (SSSR count). The van der Waals surface area contributed by atoms with Crippen molar-refractivity contribution in [2.75, 3.05) is 5.32 Å². The van der Waals surface area contributed by atoms with E-state index in [4.69, 9.17) is 4.74 Å². The number of nitrogens with one attached hydrogen (secondary N) is 1. The van der Waals surface area contributed by atoms with Gasteiger partial charge in [-0.25, -0.2) is 4.79 Å². The summed E-state index contributed by atoms with van der Waals surface area (Å²) in [6.07, 6.45) is 8.26. The second-order valence-electron chi connectivity index (χ2n) is 6.84. The van der Waals surface area contributed by atoms with Gasteiger partial charge in [0.05, 0.1) is 11.7 Å². The van der Waals surface area contributed by atoms with Gasteiger partial charge in [-0.15, -0.1) is 11.3 Å². The normalized spacial score (nSPS) is 18.0. The van der Waals surface area contributed by atoms with Gasteiger partial charge in [0.2, 0.25) is 5.91 Å². The van der Waals surface area contributed by atoms with Crippen molar-refractivity contribution >= 4 is 28.2 Å². The Morgan fingerprint density at radius 1 is 1.13 bits per heavy atom. The van der Waals surface area contributed by atoms with Gasteiger partial charge < -0.3 is 10.1 Å². The van der Waals surface area contributed by atoms with Crippen molar-refractivity contribution < 1.29 is 14.3 Å². The molecule has 4 nitrogen and oxygen atoms in total. The lowest BCUT2D eigenvalue weighted by molar-refractivity contribution is -0.122. The zero-order valence-corrected chi connectivity index (χ0v) is 14.8. The van der Waals surface area contributed by atoms with Gasteiger partial charge in [0.15, 0.2) is 0 Å². The number of carbonyl (C=O) groups is 2. The van der Waals surface area contributed by atoms with Crippen molar-refractivity contribution in [2.24, 2.45) is 5.92 Å². The Labute approximate surface area is 141 Å². The van der Waals surface area contributed by atoms with Crippen LogP contribution in [0.1, 0.15) is 73.2 Å². The number of anilines is 1. The summed E-state index contributed by atoms with van der Waals surface area (Å²) in [5.74, 6) is -0.111. The number of fused-ring (bicyclic) bond motifs is 1. The summed E-state index contributed by atoms with van der Waals surface area (Å²) < 4.78 is 5.44. The Balaban J connectivity index is 1.89. The van der Waals surface area contributed by atoms with Crippen molar-refractivity contribution in [3.63, 3.8) is 0 Å². The SMILES string of the molecule is CC(C)OC(=O)c1c(NC(=O)C2CCC2)sc2c1CCCCC2. The van der Waals surface area contributed by atoms with E-state index in [0.29, 0.717) is 10.6 Å². The van der Waals surface area contributed by atoms with Crippen LogP contribution in [0, 0.1) is 5.92 Å². The molecule has 126 valence electrons. The van der Waals surface area contributed by atoms with Gasteiger partial charge in [-0.1, -0.05) is 12.8 Å². The first-order valence-electron chi connectivity index (χ1n) is 8.72. The van der Waals surface area contributed by atoms with Crippen LogP contribution in [-0.4, -0.2) is 18.0 Å². The Kier molecular flexibility index (Phi) is 5.05. The first-order valence-corrected chi connectivity index (χ1v) is 9.54. The molecular weight excluding hydrogens is 310 g/mol. The zero-order chi connectivity index (χ0) is 16.4. The van der Waals surface area contributed by atoms with Crippen LogP contribution in [0.15, 0.2) is 0 Å². The molecule has 0 aliphatic heterocycles. The van der Waals surface area contributed by atoms with Crippen molar-refractivity contribution in [3.8, 4) is 0 Å². The molecule has 2 aliphatic rings. The van der Waals surface area contributed by atoms with Crippen molar-refractivity contribution in [2.45, 2.75) is 71.3 Å². The van der Waals surface area contributed by atoms with Crippen LogP contribution in [0.4, 0.5) is 5.00 Å². The number of hydrogen-bond acceptors (Lipinski definition) is 4. The maximum Gasteiger partial charge on any atom is 0.341 e. The topological polar surface area (TPSA) is 55.4 Å². The minimum atomic E-state index is -0.289. The van der Waals surface area contributed by atoms with E-state index in [-0.39, 0.29) is 23.9 Å². The number of amides is 1. The third-order valence-corrected chi connectivity index (χ3v) is 5.89. The highest BCUT2D eigenvalue weighted by Crippen LogP contribution is 2.39. The smallest absolute Gasteiger partial charge is 0.341 e. The molecule has 1 saturated carbocycles. The maximum atomic E-state index is 12.6. The predicted molar refractivity (Wildman–Crippen MR) is 92.1 cm³/mol. The lowest BCUT2D eigenvalue weighted by Gasteiger charge is -2.24. The fourth-order valence-electron chi connectivity index (χ4n) is 3.20. The highest BCUT2D eigenvalue weighted by molar-refractivity contribution is 7.17. The minimum Gasteiger partial charge on any atom is -0.459 e. The van der Waals surface area contributed by atoms with Crippen molar-refractivity contribution in [1.82, 2.24) is 0 Å². The number of esters is 1. The number of ether oxygens (including phenoxy) is 1. The molecule has 0 saturated heterocycles. The second-order valence-corrected chi connectivity index (χ2v) is 7.94. The van der Waals surface area contributed by atoms with Gasteiger partial charge in [-0.2, -0.15) is 0 Å². The van der Waals surface area contributed by atoms with Gasteiger partial charge >= 0.3 is 5.97 Å². The fraction of sp³-hybridized carbons (Fsp3) is 0.667. The van der Waals surface area contributed by atoms with E-state index < -0.39 is 0 Å². The molecule has 0 bridgehead atoms. The third kappa shape index (κ3) is 3.60. The Bertz CT molecular complexity index is 602. The molecule has 1 aromatic rings. The first-order chi connectivity index (χ1) is 11.1. The van der Waals surface area contributed by atoms with E-state index >= 15 is 0 Å². The molecule has 1 heterocycles. The van der Waals surface area contributed by atoms with E-state index in [1.807, 2.05) is 13.8 Å². The average molecular weight is 335 g/mol. The lowest BCUT2D eigenvalue weighted by atomic mass is 9.85. The lowest BCUT2D eigenvalue weighted by Crippen LogP contribution is -2.28. The molecule has 0 radical (unpaired) electrons. The van der Waals surface area contributed by atoms with Crippen LogP contribution in [0.5, 0.6) is 0 Å². The number of aryl methyl sites for hydroxylation is 1. The van der Waals surface area contributed by atoms with Crippen LogP contribution in [0.2, 0.25) is 0 Å². The highest BCUT2D eigenvalue weighted by atomic mass is 32.1. The quantitative estimate of drug-likeness (QED) is 0.658. The molecule has 1 aromatic heterocycles. The van der Waals surface area contributed by atoms with E-state index in [0.717, 1.165) is 50.5 Å². The molecule has 0 atom stereocenters. The number of thiophene rings is 1. The van der Waals surface area contributed by atoms with Crippen LogP contribution >= 0.6 is 11.3 Å². The summed E-state index contributed by atoms with van der Waals surface area (Å²) in [7, 11) is 0. The summed E-state index contributed by atoms with van der Waals surface area (Å²) in [6, 6.07) is 0. The minimum absolute atomic E-state index is 0.0613. The molecule has 0 spiro atoms. The third-order valence-electron chi connectivity index (χ3n) is 4.68. The molecule has 1 amide bonds. The maximum absolute atomic E-state index is 12.6. The highest BCUT2D eigenvalue weighted by Gasteiger charge is 2.30. The Morgan fingerprint density at radius 2 is 1.87 bits per heavy atom. The van der Waals surface area contributed by atoms with E-state index in [1.165, 1.54) is 11.3 Å². The molecule has 5 heteroatoms. The first kappa shape index (κ1) is 16.5. The largest absolute Gasteiger partial charge is 0.459 e. The molecular formula is C18H25NO3S. The molecule has 23 heavy (non-hydrogen) atoms. The predicted octanol–water partition coefficient (Wildman–Crippen LogP) is 4.32. The average Bonchev–Trinajstić information content (AvgIpc) is 2.58. The van der Waals surface area contributed by atoms with E-state index in [1.54, 1.807) is 11.3 Å². The van der Waals surface area contributed by atoms with Gasteiger partial charge in [-0.05, 0) is 57.9 Å². The molecule has 2 aliphatic carbocycles. The Hall–Kier alpha value is -1.36. The van der Waals surface area contributed by atoms with E-state index in [9.17, 15) is 9.59 Å². The van der Waals surface area contributed by atoms with Crippen LogP contribution in [0.25, 0.3) is 0 Å². The summed E-state index contributed by atoms with van der Waals surface area (Å²) >= 11 is 1.58.